The minimum absolute atomic E-state index is 0.0905. The third-order valence-electron chi connectivity index (χ3n) is 2.06. The van der Waals surface area contributed by atoms with Gasteiger partial charge in [-0.25, -0.2) is 9.78 Å². The van der Waals surface area contributed by atoms with E-state index in [0.717, 1.165) is 18.3 Å². The smallest absolute Gasteiger partial charge is 0.433 e. The SMILES string of the molecule is O=C(O)c1c[nH]c2nc(C(F)(F)F)ccc12. The van der Waals surface area contributed by atoms with Gasteiger partial charge in [0.15, 0.2) is 0 Å². The van der Waals surface area contributed by atoms with E-state index in [0.29, 0.717) is 0 Å². The molecule has 0 aliphatic heterocycles. The molecule has 0 atom stereocenters. The largest absolute Gasteiger partial charge is 0.478 e. The van der Waals surface area contributed by atoms with Crippen LogP contribution in [0.2, 0.25) is 0 Å². The standard InChI is InChI=1S/C9H5F3N2O2/c10-9(11,12)6-2-1-4-5(8(15)16)3-13-7(4)14-6/h1-3H,(H,13,14)(H,15,16). The summed E-state index contributed by atoms with van der Waals surface area (Å²) in [6.07, 6.45) is -3.43. The lowest BCUT2D eigenvalue weighted by molar-refractivity contribution is -0.141. The molecule has 0 saturated carbocycles. The molecule has 0 aliphatic rings. The first-order chi connectivity index (χ1) is 7.39. The number of carboxylic acid groups (broad SMARTS) is 1. The predicted molar refractivity (Wildman–Crippen MR) is 48.1 cm³/mol. The zero-order valence-electron chi connectivity index (χ0n) is 7.67. The van der Waals surface area contributed by atoms with Gasteiger partial charge in [0.05, 0.1) is 5.56 Å². The molecule has 0 unspecified atom stereocenters. The number of carboxylic acids is 1. The van der Waals surface area contributed by atoms with E-state index in [4.69, 9.17) is 5.11 Å². The number of aromatic nitrogens is 2. The van der Waals surface area contributed by atoms with Crippen LogP contribution in [0.4, 0.5) is 13.2 Å². The van der Waals surface area contributed by atoms with E-state index in [1.807, 2.05) is 0 Å². The fraction of sp³-hybridized carbons (Fsp3) is 0.111. The summed E-state index contributed by atoms with van der Waals surface area (Å²) in [5, 5.41) is 8.88. The minimum atomic E-state index is -4.54. The molecule has 0 aromatic carbocycles. The Balaban J connectivity index is 2.62. The summed E-state index contributed by atoms with van der Waals surface area (Å²) in [5.74, 6) is -1.21. The van der Waals surface area contributed by atoms with Gasteiger partial charge >= 0.3 is 12.1 Å². The van der Waals surface area contributed by atoms with Crippen LogP contribution >= 0.6 is 0 Å². The molecule has 0 amide bonds. The summed E-state index contributed by atoms with van der Waals surface area (Å²) in [5.41, 5.74) is -1.25. The number of nitrogens with zero attached hydrogens (tertiary/aromatic N) is 1. The molecule has 4 nitrogen and oxygen atoms in total. The fourth-order valence-corrected chi connectivity index (χ4v) is 1.34. The van der Waals surface area contributed by atoms with Crippen molar-refractivity contribution in [1.29, 1.82) is 0 Å². The maximum atomic E-state index is 12.3. The van der Waals surface area contributed by atoms with Crippen molar-refractivity contribution >= 4 is 17.0 Å². The Hall–Kier alpha value is -2.05. The van der Waals surface area contributed by atoms with E-state index in [2.05, 4.69) is 9.97 Å². The van der Waals surface area contributed by atoms with Crippen molar-refractivity contribution in [3.05, 3.63) is 29.6 Å². The van der Waals surface area contributed by atoms with Crippen LogP contribution in [-0.4, -0.2) is 21.0 Å². The number of aromatic amines is 1. The van der Waals surface area contributed by atoms with E-state index in [1.165, 1.54) is 0 Å². The Labute approximate surface area is 86.7 Å². The van der Waals surface area contributed by atoms with Gasteiger partial charge in [-0.3, -0.25) is 0 Å². The maximum absolute atomic E-state index is 12.3. The van der Waals surface area contributed by atoms with Gasteiger partial charge in [0.1, 0.15) is 11.3 Å². The first-order valence-electron chi connectivity index (χ1n) is 4.18. The molecule has 0 radical (unpaired) electrons. The van der Waals surface area contributed by atoms with Crippen LogP contribution < -0.4 is 0 Å². The van der Waals surface area contributed by atoms with Crippen LogP contribution in [0, 0.1) is 0 Å². The van der Waals surface area contributed by atoms with Crippen LogP contribution in [0.3, 0.4) is 0 Å². The highest BCUT2D eigenvalue weighted by molar-refractivity contribution is 6.02. The Morgan fingerprint density at radius 3 is 2.62 bits per heavy atom. The van der Waals surface area contributed by atoms with Crippen molar-refractivity contribution in [2.75, 3.05) is 0 Å². The summed E-state index contributed by atoms with van der Waals surface area (Å²) in [6, 6.07) is 1.84. The molecule has 2 aromatic heterocycles. The number of pyridine rings is 1. The highest BCUT2D eigenvalue weighted by atomic mass is 19.4. The number of H-pyrrole nitrogens is 1. The number of rotatable bonds is 1. The highest BCUT2D eigenvalue weighted by Gasteiger charge is 2.32. The Morgan fingerprint density at radius 2 is 2.06 bits per heavy atom. The van der Waals surface area contributed by atoms with Crippen molar-refractivity contribution in [2.24, 2.45) is 0 Å². The molecule has 0 fully saturated rings. The van der Waals surface area contributed by atoms with E-state index in [-0.39, 0.29) is 16.6 Å². The monoisotopic (exact) mass is 230 g/mol. The number of alkyl halides is 3. The molecule has 2 aromatic rings. The second-order valence-electron chi connectivity index (χ2n) is 3.10. The molecule has 2 N–H and O–H groups in total. The molecule has 0 aliphatic carbocycles. The predicted octanol–water partition coefficient (Wildman–Crippen LogP) is 2.28. The van der Waals surface area contributed by atoms with Gasteiger partial charge in [-0.1, -0.05) is 0 Å². The average Bonchev–Trinajstić information content (AvgIpc) is 2.58. The topological polar surface area (TPSA) is 66.0 Å². The third kappa shape index (κ3) is 1.60. The third-order valence-corrected chi connectivity index (χ3v) is 2.06. The number of hydrogen-bond acceptors (Lipinski definition) is 2. The molecular formula is C9H5F3N2O2. The quantitative estimate of drug-likeness (QED) is 0.789. The molecule has 7 heteroatoms. The van der Waals surface area contributed by atoms with Crippen LogP contribution in [0.5, 0.6) is 0 Å². The van der Waals surface area contributed by atoms with Crippen molar-refractivity contribution in [2.45, 2.75) is 6.18 Å². The summed E-state index contributed by atoms with van der Waals surface area (Å²) in [4.78, 5) is 16.4. The Kier molecular flexibility index (Phi) is 2.11. The molecule has 2 rings (SSSR count). The van der Waals surface area contributed by atoms with Gasteiger partial charge in [-0.05, 0) is 12.1 Å². The summed E-state index contributed by atoms with van der Waals surface area (Å²) in [6.45, 7) is 0. The average molecular weight is 230 g/mol. The first-order valence-corrected chi connectivity index (χ1v) is 4.18. The Morgan fingerprint density at radius 1 is 1.38 bits per heavy atom. The molecule has 0 saturated heterocycles. The minimum Gasteiger partial charge on any atom is -0.478 e. The number of aromatic carboxylic acids is 1. The van der Waals surface area contributed by atoms with Crippen LogP contribution in [0.1, 0.15) is 16.1 Å². The zero-order chi connectivity index (χ0) is 11.9. The van der Waals surface area contributed by atoms with Crippen LogP contribution in [0.15, 0.2) is 18.3 Å². The van der Waals surface area contributed by atoms with Crippen LogP contribution in [0.25, 0.3) is 11.0 Å². The molecule has 2 heterocycles. The van der Waals surface area contributed by atoms with Gasteiger partial charge in [0.25, 0.3) is 0 Å². The van der Waals surface area contributed by atoms with Gasteiger partial charge in [0, 0.05) is 11.6 Å². The number of fused-ring (bicyclic) bond motifs is 1. The maximum Gasteiger partial charge on any atom is 0.433 e. The zero-order valence-corrected chi connectivity index (χ0v) is 7.67. The lowest BCUT2D eigenvalue weighted by atomic mass is 10.2. The van der Waals surface area contributed by atoms with E-state index in [9.17, 15) is 18.0 Å². The number of hydrogen-bond donors (Lipinski definition) is 2. The van der Waals surface area contributed by atoms with E-state index >= 15 is 0 Å². The lowest BCUT2D eigenvalue weighted by Crippen LogP contribution is -2.07. The number of halogens is 3. The normalized spacial score (nSPS) is 11.9. The number of carbonyl (C=O) groups is 1. The van der Waals surface area contributed by atoms with Crippen molar-refractivity contribution in [3.8, 4) is 0 Å². The van der Waals surface area contributed by atoms with Crippen molar-refractivity contribution in [3.63, 3.8) is 0 Å². The highest BCUT2D eigenvalue weighted by Crippen LogP contribution is 2.29. The van der Waals surface area contributed by atoms with Gasteiger partial charge < -0.3 is 10.1 Å². The van der Waals surface area contributed by atoms with Gasteiger partial charge in [0.2, 0.25) is 0 Å². The van der Waals surface area contributed by atoms with Crippen LogP contribution in [-0.2, 0) is 6.18 Å². The second-order valence-corrected chi connectivity index (χ2v) is 3.10. The summed E-state index contributed by atoms with van der Waals surface area (Å²) < 4.78 is 36.9. The molecule has 0 spiro atoms. The van der Waals surface area contributed by atoms with Crippen molar-refractivity contribution in [1.82, 2.24) is 9.97 Å². The van der Waals surface area contributed by atoms with Gasteiger partial charge in [-0.2, -0.15) is 13.2 Å². The van der Waals surface area contributed by atoms with Crippen molar-refractivity contribution < 1.29 is 23.1 Å². The fourth-order valence-electron chi connectivity index (χ4n) is 1.34. The summed E-state index contributed by atoms with van der Waals surface area (Å²) >= 11 is 0. The van der Waals surface area contributed by atoms with E-state index < -0.39 is 17.8 Å². The molecule has 16 heavy (non-hydrogen) atoms. The molecule has 84 valence electrons. The number of nitrogens with one attached hydrogen (secondary N) is 1. The Bertz CT molecular complexity index is 559. The van der Waals surface area contributed by atoms with E-state index in [1.54, 1.807) is 0 Å². The first kappa shape index (κ1) is 10.5. The lowest BCUT2D eigenvalue weighted by Gasteiger charge is -2.04. The van der Waals surface area contributed by atoms with Gasteiger partial charge in [-0.15, -0.1) is 0 Å². The summed E-state index contributed by atoms with van der Waals surface area (Å²) in [7, 11) is 0. The molecular weight excluding hydrogens is 225 g/mol. The molecule has 0 bridgehead atoms. The second kappa shape index (κ2) is 3.22.